The molecule has 0 unspecified atom stereocenters. The third kappa shape index (κ3) is 5.81. The van der Waals surface area contributed by atoms with E-state index in [0.29, 0.717) is 59.7 Å². The fourth-order valence-electron chi connectivity index (χ4n) is 4.94. The van der Waals surface area contributed by atoms with Crippen LogP contribution in [0.5, 0.6) is 17.2 Å². The predicted molar refractivity (Wildman–Crippen MR) is 162 cm³/mol. The monoisotopic (exact) mass is 572 g/mol. The highest BCUT2D eigenvalue weighted by atomic mass is 16.6. The van der Waals surface area contributed by atoms with Crippen molar-refractivity contribution in [1.29, 1.82) is 0 Å². The van der Waals surface area contributed by atoms with E-state index in [-0.39, 0.29) is 6.09 Å². The SMILES string of the molecule is COc1cc(-c2nc3c(c(Nc4ccc5nc(C)cc(N)c5c4)n2)CN(C(=O)OC(C)(C)C)CC3)cc(OC)c1OC. The number of aryl methyl sites for hydroxylation is 1. The number of benzene rings is 2. The smallest absolute Gasteiger partial charge is 0.410 e. The number of amides is 1. The van der Waals surface area contributed by atoms with Gasteiger partial charge in [0.25, 0.3) is 0 Å². The van der Waals surface area contributed by atoms with Gasteiger partial charge in [-0.3, -0.25) is 4.98 Å². The molecule has 3 N–H and O–H groups in total. The summed E-state index contributed by atoms with van der Waals surface area (Å²) in [5.41, 5.74) is 11.1. The Morgan fingerprint density at radius 1 is 0.976 bits per heavy atom. The van der Waals surface area contributed by atoms with Crippen LogP contribution < -0.4 is 25.3 Å². The summed E-state index contributed by atoms with van der Waals surface area (Å²) in [5.74, 6) is 2.50. The molecule has 0 bridgehead atoms. The summed E-state index contributed by atoms with van der Waals surface area (Å²) in [6.45, 7) is 8.22. The number of carbonyl (C=O) groups is 1. The van der Waals surface area contributed by atoms with E-state index in [2.05, 4.69) is 10.3 Å². The van der Waals surface area contributed by atoms with Crippen LogP contribution >= 0.6 is 0 Å². The molecular formula is C31H36N6O5. The summed E-state index contributed by atoms with van der Waals surface area (Å²) < 4.78 is 22.3. The zero-order chi connectivity index (χ0) is 30.2. The second-order valence-corrected chi connectivity index (χ2v) is 11.1. The van der Waals surface area contributed by atoms with E-state index in [1.807, 2.05) is 64.1 Å². The maximum Gasteiger partial charge on any atom is 0.410 e. The molecule has 220 valence electrons. The number of nitrogens with two attached hydrogens (primary N) is 1. The third-order valence-corrected chi connectivity index (χ3v) is 6.87. The third-order valence-electron chi connectivity index (χ3n) is 6.87. The number of fused-ring (bicyclic) bond motifs is 2. The minimum Gasteiger partial charge on any atom is -0.493 e. The molecule has 1 amide bonds. The molecule has 2 aromatic heterocycles. The van der Waals surface area contributed by atoms with Crippen LogP contribution in [0.25, 0.3) is 22.3 Å². The first kappa shape index (κ1) is 28.7. The number of nitrogens with zero attached hydrogens (tertiary/aromatic N) is 4. The second-order valence-electron chi connectivity index (χ2n) is 11.1. The molecule has 0 fully saturated rings. The lowest BCUT2D eigenvalue weighted by Crippen LogP contribution is -2.40. The Bertz CT molecular complexity index is 1640. The molecule has 1 aliphatic heterocycles. The molecule has 0 radical (unpaired) electrons. The highest BCUT2D eigenvalue weighted by Gasteiger charge is 2.29. The van der Waals surface area contributed by atoms with E-state index in [9.17, 15) is 4.79 Å². The van der Waals surface area contributed by atoms with E-state index >= 15 is 0 Å². The number of nitrogen functional groups attached to an aromatic ring is 1. The molecule has 5 rings (SSSR count). The van der Waals surface area contributed by atoms with Crippen LogP contribution in [0.1, 0.15) is 37.7 Å². The minimum atomic E-state index is -0.608. The lowest BCUT2D eigenvalue weighted by Gasteiger charge is -2.31. The standard InChI is InChI=1S/C31H36N6O5/c1-17-12-22(32)20-15-19(8-9-23(20)33-17)34-29-21-16-37(30(38)42-31(2,3)4)11-10-24(21)35-28(36-29)18-13-25(39-5)27(41-7)26(14-18)40-6/h8-9,12-15H,10-11,16H2,1-7H3,(H2,32,33)(H,34,35,36). The number of rotatable bonds is 6. The average molecular weight is 573 g/mol. The van der Waals surface area contributed by atoms with Gasteiger partial charge in [0.15, 0.2) is 17.3 Å². The Kier molecular flexibility index (Phi) is 7.68. The number of hydrogen-bond acceptors (Lipinski definition) is 10. The van der Waals surface area contributed by atoms with E-state index in [1.165, 1.54) is 0 Å². The van der Waals surface area contributed by atoms with Gasteiger partial charge in [0, 0.05) is 46.5 Å². The summed E-state index contributed by atoms with van der Waals surface area (Å²) in [6.07, 6.45) is 0.143. The number of carbonyl (C=O) groups excluding carboxylic acids is 1. The number of pyridine rings is 1. The van der Waals surface area contributed by atoms with Crippen molar-refractivity contribution in [2.45, 2.75) is 46.3 Å². The molecule has 0 saturated carbocycles. The molecule has 11 heteroatoms. The number of ether oxygens (including phenoxy) is 4. The van der Waals surface area contributed by atoms with Gasteiger partial charge in [-0.2, -0.15) is 0 Å². The maximum absolute atomic E-state index is 13.0. The fourth-order valence-corrected chi connectivity index (χ4v) is 4.94. The first-order chi connectivity index (χ1) is 20.0. The highest BCUT2D eigenvalue weighted by molar-refractivity contribution is 5.93. The summed E-state index contributed by atoms with van der Waals surface area (Å²) in [7, 11) is 4.69. The van der Waals surface area contributed by atoms with Crippen molar-refractivity contribution in [1.82, 2.24) is 19.9 Å². The predicted octanol–water partition coefficient (Wildman–Crippen LogP) is 5.65. The van der Waals surface area contributed by atoms with Gasteiger partial charge in [0.05, 0.1) is 39.1 Å². The Balaban J connectivity index is 1.61. The molecule has 0 atom stereocenters. The van der Waals surface area contributed by atoms with E-state index in [1.54, 1.807) is 26.2 Å². The Morgan fingerprint density at radius 3 is 2.33 bits per heavy atom. The summed E-state index contributed by atoms with van der Waals surface area (Å²) >= 11 is 0. The van der Waals surface area contributed by atoms with Crippen LogP contribution in [0.15, 0.2) is 36.4 Å². The molecule has 0 spiro atoms. The van der Waals surface area contributed by atoms with Crippen LogP contribution in [0.4, 0.5) is 22.0 Å². The Morgan fingerprint density at radius 2 is 1.69 bits per heavy atom. The average Bonchev–Trinajstić information content (AvgIpc) is 2.95. The molecule has 1 aliphatic rings. The largest absolute Gasteiger partial charge is 0.493 e. The maximum atomic E-state index is 13.0. The van der Waals surface area contributed by atoms with E-state index in [4.69, 9.17) is 34.6 Å². The molecule has 42 heavy (non-hydrogen) atoms. The molecule has 2 aromatic carbocycles. The molecule has 0 aliphatic carbocycles. The lowest BCUT2D eigenvalue weighted by molar-refractivity contribution is 0.0223. The molecule has 11 nitrogen and oxygen atoms in total. The Labute approximate surface area is 245 Å². The minimum absolute atomic E-state index is 0.290. The van der Waals surface area contributed by atoms with Crippen molar-refractivity contribution in [3.8, 4) is 28.6 Å². The number of hydrogen-bond donors (Lipinski definition) is 2. The zero-order valence-electron chi connectivity index (χ0n) is 25.0. The van der Waals surface area contributed by atoms with Gasteiger partial charge < -0.3 is 34.9 Å². The topological polar surface area (TPSA) is 134 Å². The van der Waals surface area contributed by atoms with Crippen LogP contribution in [-0.4, -0.2) is 59.4 Å². The van der Waals surface area contributed by atoms with Gasteiger partial charge in [-0.15, -0.1) is 0 Å². The first-order valence-corrected chi connectivity index (χ1v) is 13.6. The van der Waals surface area contributed by atoms with Crippen molar-refractivity contribution in [3.63, 3.8) is 0 Å². The Hall–Kier alpha value is -4.80. The van der Waals surface area contributed by atoms with Gasteiger partial charge >= 0.3 is 6.09 Å². The molecule has 0 saturated heterocycles. The summed E-state index contributed by atoms with van der Waals surface area (Å²) in [4.78, 5) is 29.1. The highest BCUT2D eigenvalue weighted by Crippen LogP contribution is 2.41. The normalized spacial score (nSPS) is 13.0. The van der Waals surface area contributed by atoms with Gasteiger partial charge in [0.2, 0.25) is 5.75 Å². The summed E-state index contributed by atoms with van der Waals surface area (Å²) in [6, 6.07) is 11.3. The molecule has 3 heterocycles. The van der Waals surface area contributed by atoms with Crippen molar-refractivity contribution in [2.75, 3.05) is 38.9 Å². The van der Waals surface area contributed by atoms with Crippen molar-refractivity contribution >= 4 is 34.2 Å². The van der Waals surface area contributed by atoms with Crippen molar-refractivity contribution in [2.24, 2.45) is 0 Å². The van der Waals surface area contributed by atoms with Gasteiger partial charge in [-0.1, -0.05) is 0 Å². The molecular weight excluding hydrogens is 536 g/mol. The number of anilines is 3. The molecule has 4 aromatic rings. The number of nitrogens with one attached hydrogen (secondary N) is 1. The van der Waals surface area contributed by atoms with Crippen LogP contribution in [0.2, 0.25) is 0 Å². The fraction of sp³-hybridized carbons (Fsp3) is 0.355. The van der Waals surface area contributed by atoms with Gasteiger partial charge in [-0.25, -0.2) is 14.8 Å². The van der Waals surface area contributed by atoms with Crippen molar-refractivity contribution in [3.05, 3.63) is 53.3 Å². The quantitative estimate of drug-likeness (QED) is 0.299. The van der Waals surface area contributed by atoms with Gasteiger partial charge in [0.1, 0.15) is 11.4 Å². The van der Waals surface area contributed by atoms with Crippen LogP contribution in [0.3, 0.4) is 0 Å². The van der Waals surface area contributed by atoms with E-state index < -0.39 is 5.60 Å². The van der Waals surface area contributed by atoms with Crippen molar-refractivity contribution < 1.29 is 23.7 Å². The number of methoxy groups -OCH3 is 3. The number of aromatic nitrogens is 3. The zero-order valence-corrected chi connectivity index (χ0v) is 25.0. The lowest BCUT2D eigenvalue weighted by atomic mass is 10.0. The van der Waals surface area contributed by atoms with Crippen LogP contribution in [-0.2, 0) is 17.7 Å². The van der Waals surface area contributed by atoms with E-state index in [0.717, 1.165) is 33.5 Å². The first-order valence-electron chi connectivity index (χ1n) is 13.6. The summed E-state index contributed by atoms with van der Waals surface area (Å²) in [5, 5.41) is 4.29. The van der Waals surface area contributed by atoms with Crippen LogP contribution in [0, 0.1) is 6.92 Å². The second kappa shape index (κ2) is 11.2. The van der Waals surface area contributed by atoms with Gasteiger partial charge in [-0.05, 0) is 64.1 Å².